The molecule has 0 bridgehead atoms. The number of nitrogens with one attached hydrogen (secondary N) is 1. The highest BCUT2D eigenvalue weighted by atomic mass is 32.2. The molecule has 0 saturated carbocycles. The Morgan fingerprint density at radius 3 is 2.92 bits per heavy atom. The number of rotatable bonds is 5. The molecular formula is C19H18N2O2S. The van der Waals surface area contributed by atoms with Crippen molar-refractivity contribution in [2.24, 2.45) is 5.92 Å². The fourth-order valence-electron chi connectivity index (χ4n) is 2.63. The molecule has 3 rings (SSSR count). The molecule has 4 nitrogen and oxygen atoms in total. The van der Waals surface area contributed by atoms with Crippen LogP contribution in [0.15, 0.2) is 53.4 Å². The maximum atomic E-state index is 12.6. The van der Waals surface area contributed by atoms with Crippen LogP contribution in [0.1, 0.15) is 12.0 Å². The summed E-state index contributed by atoms with van der Waals surface area (Å²) in [5.41, 5.74) is 1.87. The van der Waals surface area contributed by atoms with E-state index in [-0.39, 0.29) is 11.8 Å². The van der Waals surface area contributed by atoms with Gasteiger partial charge in [0.2, 0.25) is 5.91 Å². The standard InChI is InChI=1S/C19H18N2O2S/c20-10-5-11-24-18-9-4-2-7-16(18)21-19(22)15-12-14-6-1-3-8-17(14)23-13-15/h1-4,6-9,15H,5,11-13H2,(H,21,22)/t15-/m1/s1. The first-order valence-corrected chi connectivity index (χ1v) is 8.87. The molecule has 0 fully saturated rings. The van der Waals surface area contributed by atoms with E-state index >= 15 is 0 Å². The average Bonchev–Trinajstić information content (AvgIpc) is 2.63. The molecule has 2 aromatic carbocycles. The number of carbonyl (C=O) groups is 1. The van der Waals surface area contributed by atoms with Gasteiger partial charge < -0.3 is 10.1 Å². The summed E-state index contributed by atoms with van der Waals surface area (Å²) >= 11 is 1.58. The van der Waals surface area contributed by atoms with Crippen LogP contribution in [-0.2, 0) is 11.2 Å². The third-order valence-electron chi connectivity index (χ3n) is 3.87. The smallest absolute Gasteiger partial charge is 0.231 e. The molecule has 0 aliphatic carbocycles. The second kappa shape index (κ2) is 7.89. The Bertz CT molecular complexity index is 770. The SMILES string of the molecule is N#CCCSc1ccccc1NC(=O)[C@H]1COc2ccccc2C1. The number of para-hydroxylation sites is 2. The number of nitriles is 1. The predicted octanol–water partition coefficient (Wildman–Crippen LogP) is 3.88. The van der Waals surface area contributed by atoms with Crippen LogP contribution in [0.2, 0.25) is 0 Å². The van der Waals surface area contributed by atoms with Gasteiger partial charge in [0.25, 0.3) is 0 Å². The predicted molar refractivity (Wildman–Crippen MR) is 95.2 cm³/mol. The number of thioether (sulfide) groups is 1. The van der Waals surface area contributed by atoms with E-state index in [1.807, 2.05) is 48.5 Å². The highest BCUT2D eigenvalue weighted by Crippen LogP contribution is 2.30. The largest absolute Gasteiger partial charge is 0.492 e. The first-order valence-electron chi connectivity index (χ1n) is 7.88. The van der Waals surface area contributed by atoms with Gasteiger partial charge in [-0.15, -0.1) is 11.8 Å². The number of anilines is 1. The molecule has 1 atom stereocenters. The zero-order valence-electron chi connectivity index (χ0n) is 13.2. The quantitative estimate of drug-likeness (QED) is 0.664. The van der Waals surface area contributed by atoms with Gasteiger partial charge in [-0.3, -0.25) is 4.79 Å². The molecule has 1 aliphatic rings. The van der Waals surface area contributed by atoms with Gasteiger partial charge in [-0.25, -0.2) is 0 Å². The van der Waals surface area contributed by atoms with Crippen molar-refractivity contribution in [2.75, 3.05) is 17.7 Å². The first kappa shape index (κ1) is 16.4. The average molecular weight is 338 g/mol. The highest BCUT2D eigenvalue weighted by molar-refractivity contribution is 7.99. The van der Waals surface area contributed by atoms with Crippen molar-refractivity contribution >= 4 is 23.4 Å². The molecule has 1 amide bonds. The van der Waals surface area contributed by atoms with Crippen LogP contribution in [0.3, 0.4) is 0 Å². The molecule has 5 heteroatoms. The lowest BCUT2D eigenvalue weighted by Crippen LogP contribution is -2.32. The van der Waals surface area contributed by atoms with Crippen molar-refractivity contribution in [1.29, 1.82) is 5.26 Å². The minimum absolute atomic E-state index is 0.0298. The molecule has 0 spiro atoms. The summed E-state index contributed by atoms with van der Waals surface area (Å²) < 4.78 is 5.70. The summed E-state index contributed by atoms with van der Waals surface area (Å²) in [6.07, 6.45) is 1.17. The van der Waals surface area contributed by atoms with Crippen LogP contribution in [-0.4, -0.2) is 18.3 Å². The van der Waals surface area contributed by atoms with Crippen LogP contribution in [0.4, 0.5) is 5.69 Å². The van der Waals surface area contributed by atoms with E-state index in [9.17, 15) is 4.79 Å². The van der Waals surface area contributed by atoms with E-state index in [1.165, 1.54) is 0 Å². The molecule has 1 aliphatic heterocycles. The van der Waals surface area contributed by atoms with Crippen LogP contribution < -0.4 is 10.1 Å². The van der Waals surface area contributed by atoms with Crippen LogP contribution >= 0.6 is 11.8 Å². The number of hydrogen-bond acceptors (Lipinski definition) is 4. The lowest BCUT2D eigenvalue weighted by atomic mass is 9.96. The summed E-state index contributed by atoms with van der Waals surface area (Å²) in [6, 6.07) is 17.7. The third kappa shape index (κ3) is 3.90. The fourth-order valence-corrected chi connectivity index (χ4v) is 3.50. The molecule has 0 saturated heterocycles. The van der Waals surface area contributed by atoms with Gasteiger partial charge >= 0.3 is 0 Å². The van der Waals surface area contributed by atoms with Gasteiger partial charge in [0.1, 0.15) is 12.4 Å². The van der Waals surface area contributed by atoms with Crippen molar-refractivity contribution < 1.29 is 9.53 Å². The Morgan fingerprint density at radius 1 is 1.25 bits per heavy atom. The summed E-state index contributed by atoms with van der Waals surface area (Å²) in [5.74, 6) is 1.35. The number of amides is 1. The Balaban J connectivity index is 1.66. The van der Waals surface area contributed by atoms with Gasteiger partial charge in [-0.1, -0.05) is 30.3 Å². The molecular weight excluding hydrogens is 320 g/mol. The zero-order valence-corrected chi connectivity index (χ0v) is 14.0. The summed E-state index contributed by atoms with van der Waals surface area (Å²) in [7, 11) is 0. The van der Waals surface area contributed by atoms with Crippen molar-refractivity contribution in [3.63, 3.8) is 0 Å². The fraction of sp³-hybridized carbons (Fsp3) is 0.263. The lowest BCUT2D eigenvalue weighted by Gasteiger charge is -2.24. The minimum Gasteiger partial charge on any atom is -0.492 e. The molecule has 1 N–H and O–H groups in total. The number of ether oxygens (including phenoxy) is 1. The van der Waals surface area contributed by atoms with Crippen molar-refractivity contribution in [3.05, 3.63) is 54.1 Å². The molecule has 0 aromatic heterocycles. The van der Waals surface area contributed by atoms with E-state index in [4.69, 9.17) is 10.00 Å². The summed E-state index contributed by atoms with van der Waals surface area (Å²) in [5, 5.41) is 11.7. The number of hydrogen-bond donors (Lipinski definition) is 1. The number of fused-ring (bicyclic) bond motifs is 1. The van der Waals surface area contributed by atoms with E-state index in [0.29, 0.717) is 25.2 Å². The van der Waals surface area contributed by atoms with Crippen molar-refractivity contribution in [2.45, 2.75) is 17.7 Å². The molecule has 2 aromatic rings. The first-order chi connectivity index (χ1) is 11.8. The minimum atomic E-state index is -0.197. The van der Waals surface area contributed by atoms with Crippen LogP contribution in [0.5, 0.6) is 5.75 Å². The van der Waals surface area contributed by atoms with Gasteiger partial charge in [0.05, 0.1) is 17.7 Å². The van der Waals surface area contributed by atoms with E-state index in [1.54, 1.807) is 11.8 Å². The topological polar surface area (TPSA) is 62.1 Å². The number of carbonyl (C=O) groups excluding carboxylic acids is 1. The Kier molecular flexibility index (Phi) is 5.39. The summed E-state index contributed by atoms with van der Waals surface area (Å²) in [4.78, 5) is 13.6. The number of benzene rings is 2. The van der Waals surface area contributed by atoms with Gasteiger partial charge in [0, 0.05) is 17.1 Å². The van der Waals surface area contributed by atoms with Crippen LogP contribution in [0.25, 0.3) is 0 Å². The second-order valence-corrected chi connectivity index (χ2v) is 6.70. The maximum absolute atomic E-state index is 12.6. The molecule has 1 heterocycles. The van der Waals surface area contributed by atoms with Crippen molar-refractivity contribution in [3.8, 4) is 11.8 Å². The monoisotopic (exact) mass is 338 g/mol. The normalized spacial score (nSPS) is 15.7. The molecule has 122 valence electrons. The van der Waals surface area contributed by atoms with Gasteiger partial charge in [-0.2, -0.15) is 5.26 Å². The molecule has 0 radical (unpaired) electrons. The second-order valence-electron chi connectivity index (χ2n) is 5.56. The molecule has 24 heavy (non-hydrogen) atoms. The van der Waals surface area contributed by atoms with Crippen molar-refractivity contribution in [1.82, 2.24) is 0 Å². The number of nitrogens with zero attached hydrogens (tertiary/aromatic N) is 1. The van der Waals surface area contributed by atoms with E-state index in [2.05, 4.69) is 11.4 Å². The highest BCUT2D eigenvalue weighted by Gasteiger charge is 2.26. The van der Waals surface area contributed by atoms with Gasteiger partial charge in [0.15, 0.2) is 0 Å². The summed E-state index contributed by atoms with van der Waals surface area (Å²) in [6.45, 7) is 0.395. The third-order valence-corrected chi connectivity index (χ3v) is 4.94. The lowest BCUT2D eigenvalue weighted by molar-refractivity contribution is -0.121. The van der Waals surface area contributed by atoms with Crippen LogP contribution in [0, 0.1) is 17.2 Å². The van der Waals surface area contributed by atoms with E-state index < -0.39 is 0 Å². The Labute approximate surface area is 145 Å². The molecule has 0 unspecified atom stereocenters. The Hall–Kier alpha value is -2.45. The zero-order chi connectivity index (χ0) is 16.8. The van der Waals surface area contributed by atoms with Gasteiger partial charge in [-0.05, 0) is 30.2 Å². The Morgan fingerprint density at radius 2 is 2.04 bits per heavy atom. The van der Waals surface area contributed by atoms with E-state index in [0.717, 1.165) is 21.9 Å². The maximum Gasteiger partial charge on any atom is 0.231 e.